The second-order valence-corrected chi connectivity index (χ2v) is 7.01. The Morgan fingerprint density at radius 3 is 2.38 bits per heavy atom. The number of fused-ring (bicyclic) bond motifs is 1. The van der Waals surface area contributed by atoms with Crippen molar-refractivity contribution in [3.63, 3.8) is 0 Å². The van der Waals surface area contributed by atoms with Gasteiger partial charge in [0.1, 0.15) is 17.7 Å². The summed E-state index contributed by atoms with van der Waals surface area (Å²) < 4.78 is 0. The molecule has 2 aliphatic heterocycles. The Hall–Kier alpha value is -3.59. The summed E-state index contributed by atoms with van der Waals surface area (Å²) in [5.74, 6) is -2.62. The molecule has 2 aromatic rings. The summed E-state index contributed by atoms with van der Waals surface area (Å²) in [5, 5.41) is 16.7. The average molecular weight is 413 g/mol. The Labute approximate surface area is 169 Å². The summed E-state index contributed by atoms with van der Waals surface area (Å²) in [6, 6.07) is 10.6. The van der Waals surface area contributed by atoms with E-state index < -0.39 is 34.5 Å². The molecule has 0 aromatic heterocycles. The summed E-state index contributed by atoms with van der Waals surface area (Å²) >= 11 is 5.99. The van der Waals surface area contributed by atoms with Gasteiger partial charge in [-0.25, -0.2) is 4.90 Å². The highest BCUT2D eigenvalue weighted by Gasteiger charge is 2.58. The molecule has 0 saturated carbocycles. The summed E-state index contributed by atoms with van der Waals surface area (Å²) in [6.45, 7) is 1.27. The highest BCUT2D eigenvalue weighted by Crippen LogP contribution is 2.38. The fourth-order valence-electron chi connectivity index (χ4n) is 3.51. The quantitative estimate of drug-likeness (QED) is 0.433. The number of halogens is 1. The van der Waals surface area contributed by atoms with E-state index in [0.717, 1.165) is 4.90 Å². The molecule has 146 valence electrons. The Kier molecular flexibility index (Phi) is 4.39. The number of non-ortho nitro benzene ring substituents is 1. The van der Waals surface area contributed by atoms with Gasteiger partial charge in [0.2, 0.25) is 5.91 Å². The standard InChI is InChI=1S/C19H13ClN4O5/c1-10(25)16-15-17(23(21-16)12-5-7-13(8-6-12)24(28)29)19(27)22(18(15)26)14-4-2-3-11(20)9-14/h2-9,15,17H,1H3/t15-,17-/m1/s1. The van der Waals surface area contributed by atoms with Crippen LogP contribution in [0.2, 0.25) is 5.02 Å². The third kappa shape index (κ3) is 2.95. The van der Waals surface area contributed by atoms with Crippen molar-refractivity contribution in [2.45, 2.75) is 13.0 Å². The molecule has 2 atom stereocenters. The van der Waals surface area contributed by atoms with Crippen LogP contribution < -0.4 is 9.91 Å². The molecule has 1 saturated heterocycles. The molecular formula is C19H13ClN4O5. The topological polar surface area (TPSA) is 113 Å². The van der Waals surface area contributed by atoms with Gasteiger partial charge in [-0.2, -0.15) is 5.10 Å². The summed E-state index contributed by atoms with van der Waals surface area (Å²) in [6.07, 6.45) is 0. The molecular weight excluding hydrogens is 400 g/mol. The van der Waals surface area contributed by atoms with Crippen molar-refractivity contribution < 1.29 is 19.3 Å². The van der Waals surface area contributed by atoms with Crippen molar-refractivity contribution in [3.8, 4) is 0 Å². The first-order chi connectivity index (χ1) is 13.8. The lowest BCUT2D eigenvalue weighted by Crippen LogP contribution is -2.39. The van der Waals surface area contributed by atoms with Crippen LogP contribution in [0, 0.1) is 16.0 Å². The zero-order valence-electron chi connectivity index (χ0n) is 15.0. The minimum Gasteiger partial charge on any atom is -0.293 e. The van der Waals surface area contributed by atoms with E-state index in [2.05, 4.69) is 5.10 Å². The van der Waals surface area contributed by atoms with E-state index in [9.17, 15) is 24.5 Å². The van der Waals surface area contributed by atoms with Gasteiger partial charge in [-0.15, -0.1) is 0 Å². The second kappa shape index (κ2) is 6.78. The zero-order chi connectivity index (χ0) is 20.9. The SMILES string of the molecule is CC(=O)C1=NN(c2ccc([N+](=O)[O-])cc2)[C@H]2C(=O)N(c3cccc(Cl)c3)C(=O)[C@H]12. The van der Waals surface area contributed by atoms with Crippen molar-refractivity contribution in [3.05, 3.63) is 63.7 Å². The number of anilines is 2. The van der Waals surface area contributed by atoms with E-state index in [1.807, 2.05) is 0 Å². The summed E-state index contributed by atoms with van der Waals surface area (Å²) in [5.41, 5.74) is 0.496. The molecule has 2 amide bonds. The number of hydrazone groups is 1. The van der Waals surface area contributed by atoms with Gasteiger partial charge in [-0.3, -0.25) is 29.5 Å². The van der Waals surface area contributed by atoms with Crippen LogP contribution in [0.4, 0.5) is 17.1 Å². The molecule has 0 aliphatic carbocycles. The molecule has 29 heavy (non-hydrogen) atoms. The molecule has 0 unspecified atom stereocenters. The van der Waals surface area contributed by atoms with Crippen LogP contribution in [-0.4, -0.2) is 34.3 Å². The van der Waals surface area contributed by atoms with E-state index in [1.165, 1.54) is 42.3 Å². The fraction of sp³-hybridized carbons (Fsp3) is 0.158. The van der Waals surface area contributed by atoms with Gasteiger partial charge in [0.15, 0.2) is 5.78 Å². The monoisotopic (exact) mass is 412 g/mol. The summed E-state index contributed by atoms with van der Waals surface area (Å²) in [4.78, 5) is 49.7. The number of amides is 2. The Balaban J connectivity index is 1.78. The number of hydrogen-bond acceptors (Lipinski definition) is 7. The maximum atomic E-state index is 13.2. The third-order valence-corrected chi connectivity index (χ3v) is 5.04. The number of benzene rings is 2. The lowest BCUT2D eigenvalue weighted by Gasteiger charge is -2.22. The van der Waals surface area contributed by atoms with Crippen molar-refractivity contribution in [2.24, 2.45) is 11.0 Å². The number of nitro benzene ring substituents is 1. The van der Waals surface area contributed by atoms with Crippen LogP contribution in [0.25, 0.3) is 0 Å². The van der Waals surface area contributed by atoms with Crippen LogP contribution >= 0.6 is 11.6 Å². The minimum atomic E-state index is -1.06. The van der Waals surface area contributed by atoms with E-state index in [0.29, 0.717) is 16.4 Å². The van der Waals surface area contributed by atoms with Crippen molar-refractivity contribution in [1.82, 2.24) is 0 Å². The predicted octanol–water partition coefficient (Wildman–Crippen LogP) is 2.57. The van der Waals surface area contributed by atoms with E-state index in [-0.39, 0.29) is 11.4 Å². The molecule has 10 heteroatoms. The maximum absolute atomic E-state index is 13.2. The predicted molar refractivity (Wildman–Crippen MR) is 105 cm³/mol. The van der Waals surface area contributed by atoms with Crippen LogP contribution in [-0.2, 0) is 14.4 Å². The number of Topliss-reactive ketones (excluding diaryl/α,β-unsaturated/α-hetero) is 1. The van der Waals surface area contributed by atoms with Gasteiger partial charge in [0.05, 0.1) is 16.3 Å². The third-order valence-electron chi connectivity index (χ3n) is 4.80. The van der Waals surface area contributed by atoms with Crippen LogP contribution in [0.15, 0.2) is 53.6 Å². The Morgan fingerprint density at radius 1 is 1.10 bits per heavy atom. The smallest absolute Gasteiger partial charge is 0.269 e. The number of ketones is 1. The highest BCUT2D eigenvalue weighted by atomic mass is 35.5. The molecule has 0 N–H and O–H groups in total. The molecule has 0 spiro atoms. The number of rotatable bonds is 4. The first kappa shape index (κ1) is 18.8. The molecule has 0 radical (unpaired) electrons. The number of nitrogens with zero attached hydrogens (tertiary/aromatic N) is 4. The van der Waals surface area contributed by atoms with Crippen molar-refractivity contribution in [1.29, 1.82) is 0 Å². The molecule has 2 heterocycles. The molecule has 4 rings (SSSR count). The molecule has 2 aliphatic rings. The fourth-order valence-corrected chi connectivity index (χ4v) is 3.70. The van der Waals surface area contributed by atoms with Crippen molar-refractivity contribution in [2.75, 3.05) is 9.91 Å². The maximum Gasteiger partial charge on any atom is 0.269 e. The minimum absolute atomic E-state index is 0.0313. The van der Waals surface area contributed by atoms with Gasteiger partial charge in [-0.05, 0) is 30.3 Å². The molecule has 2 aromatic carbocycles. The van der Waals surface area contributed by atoms with E-state index in [4.69, 9.17) is 11.6 Å². The molecule has 1 fully saturated rings. The van der Waals surface area contributed by atoms with Gasteiger partial charge >= 0.3 is 0 Å². The Bertz CT molecular complexity index is 1100. The van der Waals surface area contributed by atoms with Gasteiger partial charge < -0.3 is 0 Å². The number of imide groups is 1. The summed E-state index contributed by atoms with van der Waals surface area (Å²) in [7, 11) is 0. The highest BCUT2D eigenvalue weighted by molar-refractivity contribution is 6.49. The lowest BCUT2D eigenvalue weighted by atomic mass is 9.95. The largest absolute Gasteiger partial charge is 0.293 e. The van der Waals surface area contributed by atoms with Crippen molar-refractivity contribution >= 4 is 52.0 Å². The Morgan fingerprint density at radius 2 is 1.79 bits per heavy atom. The van der Waals surface area contributed by atoms with Crippen LogP contribution in [0.3, 0.4) is 0 Å². The van der Waals surface area contributed by atoms with Gasteiger partial charge in [0, 0.05) is 24.1 Å². The molecule has 9 nitrogen and oxygen atoms in total. The van der Waals surface area contributed by atoms with Crippen LogP contribution in [0.5, 0.6) is 0 Å². The average Bonchev–Trinajstić information content (AvgIpc) is 3.19. The normalized spacial score (nSPS) is 20.7. The first-order valence-corrected chi connectivity index (χ1v) is 8.94. The zero-order valence-corrected chi connectivity index (χ0v) is 15.7. The number of hydrogen-bond donors (Lipinski definition) is 0. The number of carbonyl (C=O) groups excluding carboxylic acids is 3. The van der Waals surface area contributed by atoms with Crippen LogP contribution in [0.1, 0.15) is 6.92 Å². The number of nitro groups is 1. The molecule has 0 bridgehead atoms. The van der Waals surface area contributed by atoms with E-state index >= 15 is 0 Å². The van der Waals surface area contributed by atoms with Gasteiger partial charge in [-0.1, -0.05) is 17.7 Å². The first-order valence-electron chi connectivity index (χ1n) is 8.56. The second-order valence-electron chi connectivity index (χ2n) is 6.57. The van der Waals surface area contributed by atoms with E-state index in [1.54, 1.807) is 18.2 Å². The van der Waals surface area contributed by atoms with Gasteiger partial charge in [0.25, 0.3) is 11.6 Å². The lowest BCUT2D eigenvalue weighted by molar-refractivity contribution is -0.384. The number of carbonyl (C=O) groups is 3.